The quantitative estimate of drug-likeness (QED) is 0.824. The van der Waals surface area contributed by atoms with E-state index in [-0.39, 0.29) is 5.91 Å². The molecule has 0 aliphatic carbocycles. The van der Waals surface area contributed by atoms with Gasteiger partial charge in [-0.15, -0.1) is 0 Å². The van der Waals surface area contributed by atoms with Gasteiger partial charge in [0, 0.05) is 31.5 Å². The molecule has 3 heterocycles. The monoisotopic (exact) mass is 349 g/mol. The molecule has 4 heteroatoms. The van der Waals surface area contributed by atoms with Crippen LogP contribution in [-0.4, -0.2) is 30.5 Å². The molecule has 4 rings (SSSR count). The molecule has 0 saturated carbocycles. The second-order valence-electron chi connectivity index (χ2n) is 7.67. The number of amides is 1. The summed E-state index contributed by atoms with van der Waals surface area (Å²) in [5.74, 6) is 1.44. The summed E-state index contributed by atoms with van der Waals surface area (Å²) in [6.07, 6.45) is 6.21. The van der Waals surface area contributed by atoms with Crippen molar-refractivity contribution < 1.29 is 4.79 Å². The van der Waals surface area contributed by atoms with E-state index in [1.165, 1.54) is 24.0 Å². The van der Waals surface area contributed by atoms with E-state index in [0.717, 1.165) is 49.5 Å². The maximum absolute atomic E-state index is 13.4. The van der Waals surface area contributed by atoms with Gasteiger partial charge in [-0.05, 0) is 60.9 Å². The zero-order chi connectivity index (χ0) is 18.1. The summed E-state index contributed by atoms with van der Waals surface area (Å²) in [5, 5.41) is 0. The Morgan fingerprint density at radius 3 is 2.65 bits per heavy atom. The minimum Gasteiger partial charge on any atom is -0.356 e. The highest BCUT2D eigenvalue weighted by Gasteiger charge is 2.28. The zero-order valence-electron chi connectivity index (χ0n) is 15.7. The number of rotatable bonds is 3. The molecule has 1 aromatic carbocycles. The number of benzene rings is 1. The number of nitrogens with zero attached hydrogens (tertiary/aromatic N) is 3. The first-order valence-electron chi connectivity index (χ1n) is 9.80. The number of aryl methyl sites for hydroxylation is 1. The van der Waals surface area contributed by atoms with Crippen molar-refractivity contribution in [1.82, 2.24) is 4.98 Å². The van der Waals surface area contributed by atoms with Gasteiger partial charge in [-0.3, -0.25) is 4.79 Å². The molecule has 0 unspecified atom stereocenters. The Morgan fingerprint density at radius 2 is 1.88 bits per heavy atom. The SMILES string of the molecule is CC(C)c1ccc2c(c1)CCCN2C(=O)c1cccnc1N1CCCC1. The molecule has 2 aliphatic rings. The van der Waals surface area contributed by atoms with Gasteiger partial charge in [0.25, 0.3) is 5.91 Å². The predicted molar refractivity (Wildman–Crippen MR) is 106 cm³/mol. The average molecular weight is 349 g/mol. The molecule has 0 atom stereocenters. The summed E-state index contributed by atoms with van der Waals surface area (Å²) in [6, 6.07) is 10.4. The van der Waals surface area contributed by atoms with Gasteiger partial charge in [-0.25, -0.2) is 4.98 Å². The Labute approximate surface area is 155 Å². The summed E-state index contributed by atoms with van der Waals surface area (Å²) in [6.45, 7) is 7.19. The van der Waals surface area contributed by atoms with E-state index in [1.807, 2.05) is 17.0 Å². The summed E-state index contributed by atoms with van der Waals surface area (Å²) in [5.41, 5.74) is 4.44. The predicted octanol–water partition coefficient (Wildman–Crippen LogP) is 4.40. The molecule has 0 bridgehead atoms. The fourth-order valence-corrected chi connectivity index (χ4v) is 4.08. The van der Waals surface area contributed by atoms with Crippen LogP contribution in [0.1, 0.15) is 60.5 Å². The van der Waals surface area contributed by atoms with Gasteiger partial charge in [-0.1, -0.05) is 26.0 Å². The van der Waals surface area contributed by atoms with E-state index in [2.05, 4.69) is 41.9 Å². The molecule has 2 aliphatic heterocycles. The Kier molecular flexibility index (Phi) is 4.66. The molecule has 0 spiro atoms. The van der Waals surface area contributed by atoms with Gasteiger partial charge in [0.1, 0.15) is 5.82 Å². The topological polar surface area (TPSA) is 36.4 Å². The molecule has 4 nitrogen and oxygen atoms in total. The van der Waals surface area contributed by atoms with E-state index in [4.69, 9.17) is 0 Å². The fourth-order valence-electron chi connectivity index (χ4n) is 4.08. The van der Waals surface area contributed by atoms with Crippen molar-refractivity contribution in [3.05, 3.63) is 53.2 Å². The van der Waals surface area contributed by atoms with Crippen molar-refractivity contribution in [3.63, 3.8) is 0 Å². The van der Waals surface area contributed by atoms with Crippen molar-refractivity contribution in [1.29, 1.82) is 0 Å². The van der Waals surface area contributed by atoms with Crippen molar-refractivity contribution in [2.75, 3.05) is 29.4 Å². The highest BCUT2D eigenvalue weighted by atomic mass is 16.2. The van der Waals surface area contributed by atoms with Gasteiger partial charge in [0.15, 0.2) is 0 Å². The highest BCUT2D eigenvalue weighted by Crippen LogP contribution is 2.32. The van der Waals surface area contributed by atoms with Crippen LogP contribution in [0.25, 0.3) is 0 Å². The Bertz CT molecular complexity index is 809. The largest absolute Gasteiger partial charge is 0.356 e. The molecular weight excluding hydrogens is 322 g/mol. The first-order valence-corrected chi connectivity index (χ1v) is 9.80. The van der Waals surface area contributed by atoms with Crippen molar-refractivity contribution >= 4 is 17.4 Å². The molecule has 2 aromatic rings. The lowest BCUT2D eigenvalue weighted by molar-refractivity contribution is 0.0985. The van der Waals surface area contributed by atoms with Crippen LogP contribution in [0.15, 0.2) is 36.5 Å². The van der Waals surface area contributed by atoms with Crippen LogP contribution in [0.3, 0.4) is 0 Å². The van der Waals surface area contributed by atoms with Crippen LogP contribution in [0.5, 0.6) is 0 Å². The van der Waals surface area contributed by atoms with Gasteiger partial charge in [0.2, 0.25) is 0 Å². The summed E-state index contributed by atoms with van der Waals surface area (Å²) in [4.78, 5) is 22.2. The maximum atomic E-state index is 13.4. The maximum Gasteiger partial charge on any atom is 0.262 e. The molecule has 0 N–H and O–H groups in total. The lowest BCUT2D eigenvalue weighted by atomic mass is 9.94. The number of pyridine rings is 1. The van der Waals surface area contributed by atoms with Crippen LogP contribution in [0, 0.1) is 0 Å². The Balaban J connectivity index is 1.68. The smallest absolute Gasteiger partial charge is 0.262 e. The normalized spacial score (nSPS) is 16.9. The van der Waals surface area contributed by atoms with Gasteiger partial charge >= 0.3 is 0 Å². The van der Waals surface area contributed by atoms with Crippen molar-refractivity contribution in [3.8, 4) is 0 Å². The Hall–Kier alpha value is -2.36. The molecule has 1 amide bonds. The number of anilines is 2. The van der Waals surface area contributed by atoms with E-state index in [1.54, 1.807) is 6.20 Å². The average Bonchev–Trinajstić information content (AvgIpc) is 3.21. The van der Waals surface area contributed by atoms with E-state index in [9.17, 15) is 4.79 Å². The number of carbonyl (C=O) groups is 1. The highest BCUT2D eigenvalue weighted by molar-refractivity contribution is 6.09. The molecule has 136 valence electrons. The first kappa shape index (κ1) is 17.1. The minimum absolute atomic E-state index is 0.0817. The Morgan fingerprint density at radius 1 is 1.08 bits per heavy atom. The van der Waals surface area contributed by atoms with Crippen LogP contribution in [0.2, 0.25) is 0 Å². The van der Waals surface area contributed by atoms with Crippen LogP contribution in [0.4, 0.5) is 11.5 Å². The number of carbonyl (C=O) groups excluding carboxylic acids is 1. The van der Waals surface area contributed by atoms with Crippen molar-refractivity contribution in [2.45, 2.75) is 45.4 Å². The molecule has 26 heavy (non-hydrogen) atoms. The summed E-state index contributed by atoms with van der Waals surface area (Å²) in [7, 11) is 0. The third-order valence-electron chi connectivity index (χ3n) is 5.56. The molecule has 0 radical (unpaired) electrons. The lowest BCUT2D eigenvalue weighted by Crippen LogP contribution is -2.37. The molecular formula is C22H27N3O. The van der Waals surface area contributed by atoms with Crippen LogP contribution < -0.4 is 9.80 Å². The van der Waals surface area contributed by atoms with E-state index in [0.29, 0.717) is 5.92 Å². The fraction of sp³-hybridized carbons (Fsp3) is 0.455. The summed E-state index contributed by atoms with van der Waals surface area (Å²) >= 11 is 0. The van der Waals surface area contributed by atoms with Crippen LogP contribution >= 0.6 is 0 Å². The second-order valence-corrected chi connectivity index (χ2v) is 7.67. The van der Waals surface area contributed by atoms with Gasteiger partial charge < -0.3 is 9.80 Å². The number of hydrogen-bond donors (Lipinski definition) is 0. The van der Waals surface area contributed by atoms with Gasteiger partial charge in [0.05, 0.1) is 5.56 Å². The molecule has 1 saturated heterocycles. The van der Waals surface area contributed by atoms with E-state index < -0.39 is 0 Å². The minimum atomic E-state index is 0.0817. The number of aromatic nitrogens is 1. The second kappa shape index (κ2) is 7.10. The van der Waals surface area contributed by atoms with E-state index >= 15 is 0 Å². The summed E-state index contributed by atoms with van der Waals surface area (Å²) < 4.78 is 0. The van der Waals surface area contributed by atoms with Gasteiger partial charge in [-0.2, -0.15) is 0 Å². The standard InChI is InChI=1S/C22H27N3O/c1-16(2)17-9-10-20-18(15-17)7-6-14-25(20)22(26)19-8-5-11-23-21(19)24-12-3-4-13-24/h5,8-11,15-16H,3-4,6-7,12-14H2,1-2H3. The molecule has 1 fully saturated rings. The lowest BCUT2D eigenvalue weighted by Gasteiger charge is -2.31. The first-order chi connectivity index (χ1) is 12.6. The zero-order valence-corrected chi connectivity index (χ0v) is 15.7. The molecule has 1 aromatic heterocycles. The third kappa shape index (κ3) is 3.09. The third-order valence-corrected chi connectivity index (χ3v) is 5.56. The van der Waals surface area contributed by atoms with Crippen molar-refractivity contribution in [2.24, 2.45) is 0 Å². The number of fused-ring (bicyclic) bond motifs is 1. The number of hydrogen-bond acceptors (Lipinski definition) is 3. The van der Waals surface area contributed by atoms with Crippen LogP contribution in [-0.2, 0) is 6.42 Å².